The van der Waals surface area contributed by atoms with Crippen LogP contribution in [0.15, 0.2) is 54.2 Å². The Morgan fingerprint density at radius 3 is 2.60 bits per heavy atom. The summed E-state index contributed by atoms with van der Waals surface area (Å²) in [5, 5.41) is 14.7. The Bertz CT molecular complexity index is 1150. The number of anilines is 1. The first kappa shape index (κ1) is 20.4. The number of aliphatic hydroxyl groups excluding tert-OH is 1. The molecule has 1 aliphatic rings. The normalized spacial score (nSPS) is 16.6. The minimum Gasteiger partial charge on any atom is -0.370 e. The summed E-state index contributed by atoms with van der Waals surface area (Å²) in [7, 11) is 1.80. The number of halogens is 2. The zero-order chi connectivity index (χ0) is 21.4. The molecule has 156 valence electrons. The fourth-order valence-electron chi connectivity index (χ4n) is 3.62. The van der Waals surface area contributed by atoms with E-state index in [1.807, 2.05) is 37.6 Å². The number of aromatic nitrogens is 2. The van der Waals surface area contributed by atoms with Gasteiger partial charge in [-0.2, -0.15) is 4.39 Å². The minimum absolute atomic E-state index is 0.315. The van der Waals surface area contributed by atoms with Crippen molar-refractivity contribution in [2.45, 2.75) is 19.7 Å². The molecule has 0 radical (unpaired) electrons. The van der Waals surface area contributed by atoms with E-state index in [9.17, 15) is 13.9 Å². The Morgan fingerprint density at radius 1 is 1.20 bits per heavy atom. The van der Waals surface area contributed by atoms with Crippen molar-refractivity contribution in [3.63, 3.8) is 0 Å². The summed E-state index contributed by atoms with van der Waals surface area (Å²) in [6.07, 6.45) is 4.99. The van der Waals surface area contributed by atoms with Crippen molar-refractivity contribution in [3.8, 4) is 0 Å². The number of rotatable bonds is 5. The number of aliphatic hydroxyl groups is 1. The van der Waals surface area contributed by atoms with Gasteiger partial charge < -0.3 is 14.7 Å². The molecule has 1 atom stereocenters. The van der Waals surface area contributed by atoms with E-state index in [1.54, 1.807) is 28.8 Å². The van der Waals surface area contributed by atoms with Crippen molar-refractivity contribution in [2.75, 3.05) is 18.0 Å². The van der Waals surface area contributed by atoms with Crippen LogP contribution < -0.4 is 4.72 Å². The molecule has 4 rings (SSSR count). The molecule has 8 heteroatoms. The van der Waals surface area contributed by atoms with Crippen molar-refractivity contribution >= 4 is 34.1 Å². The fourth-order valence-corrected chi connectivity index (χ4v) is 4.00. The average molecular weight is 429 g/mol. The summed E-state index contributed by atoms with van der Waals surface area (Å²) < 4.78 is 32.8. The van der Waals surface area contributed by atoms with Gasteiger partial charge in [-0.3, -0.25) is 4.68 Å². The molecular weight excluding hydrogens is 406 g/mol. The van der Waals surface area contributed by atoms with Crippen LogP contribution in [-0.4, -0.2) is 39.3 Å². The Hall–Kier alpha value is -2.84. The molecule has 0 saturated heterocycles. The van der Waals surface area contributed by atoms with Crippen LogP contribution >= 0.6 is 11.9 Å². The molecule has 30 heavy (non-hydrogen) atoms. The van der Waals surface area contributed by atoms with E-state index >= 15 is 0 Å². The van der Waals surface area contributed by atoms with Crippen LogP contribution in [0.2, 0.25) is 0 Å². The summed E-state index contributed by atoms with van der Waals surface area (Å²) in [5.74, 6) is -0.881. The van der Waals surface area contributed by atoms with Gasteiger partial charge in [0.2, 0.25) is 5.95 Å². The van der Waals surface area contributed by atoms with E-state index in [0.29, 0.717) is 23.1 Å². The third kappa shape index (κ3) is 3.80. The lowest BCUT2D eigenvalue weighted by molar-refractivity contribution is 0.0868. The predicted octanol–water partition coefficient (Wildman–Crippen LogP) is 4.60. The lowest BCUT2D eigenvalue weighted by Gasteiger charge is -2.28. The van der Waals surface area contributed by atoms with Gasteiger partial charge in [-0.05, 0) is 59.5 Å². The summed E-state index contributed by atoms with van der Waals surface area (Å²) in [6, 6.07) is 9.86. The smallest absolute Gasteiger partial charge is 0.242 e. The number of likely N-dealkylation sites (N-methyl/N-ethyl adjacent to an activating group) is 1. The zero-order valence-corrected chi connectivity index (χ0v) is 17.7. The van der Waals surface area contributed by atoms with E-state index in [-0.39, 0.29) is 5.82 Å². The molecule has 0 fully saturated rings. The van der Waals surface area contributed by atoms with Crippen LogP contribution in [0.25, 0.3) is 16.5 Å². The van der Waals surface area contributed by atoms with Gasteiger partial charge in [0, 0.05) is 19.5 Å². The summed E-state index contributed by atoms with van der Waals surface area (Å²) in [4.78, 5) is 1.73. The average Bonchev–Trinajstić information content (AvgIpc) is 3.03. The summed E-state index contributed by atoms with van der Waals surface area (Å²) in [6.45, 7) is 2.18. The molecule has 1 aromatic heterocycles. The van der Waals surface area contributed by atoms with Crippen molar-refractivity contribution < 1.29 is 13.9 Å². The topological polar surface area (TPSA) is 53.3 Å². The van der Waals surface area contributed by atoms with Crippen molar-refractivity contribution in [2.24, 2.45) is 0 Å². The van der Waals surface area contributed by atoms with Gasteiger partial charge in [0.1, 0.15) is 12.0 Å². The molecule has 0 aliphatic carbocycles. The molecule has 2 N–H and O–H groups in total. The number of nitrogens with zero attached hydrogens (tertiary/aromatic N) is 3. The molecule has 0 amide bonds. The van der Waals surface area contributed by atoms with Crippen LogP contribution in [0.3, 0.4) is 0 Å². The quantitative estimate of drug-likeness (QED) is 0.582. The van der Waals surface area contributed by atoms with Crippen LogP contribution in [-0.2, 0) is 6.54 Å². The van der Waals surface area contributed by atoms with E-state index < -0.39 is 12.2 Å². The Labute approximate surface area is 177 Å². The monoisotopic (exact) mass is 428 g/mol. The standard InChI is InChI=1S/C22H22F2N4OS/c1-13-8-16(12-27(2)22(13)29)15-9-18(26-30-3)20-19(10-15)28(25-21(20)24)11-14-4-6-17(23)7-5-14/h4-10,12,22,26,29H,11H2,1-3H3. The molecule has 5 nitrogen and oxygen atoms in total. The van der Waals surface area contributed by atoms with E-state index in [4.69, 9.17) is 0 Å². The molecule has 1 unspecified atom stereocenters. The van der Waals surface area contributed by atoms with Gasteiger partial charge in [-0.25, -0.2) is 4.39 Å². The van der Waals surface area contributed by atoms with Gasteiger partial charge in [0.15, 0.2) is 0 Å². The summed E-state index contributed by atoms with van der Waals surface area (Å²) >= 11 is 1.37. The second-order valence-electron chi connectivity index (χ2n) is 7.31. The van der Waals surface area contributed by atoms with Crippen LogP contribution in [0.1, 0.15) is 18.1 Å². The number of hydrogen-bond donors (Lipinski definition) is 2. The number of allylic oxidation sites excluding steroid dienone is 2. The highest BCUT2D eigenvalue weighted by Crippen LogP contribution is 2.34. The molecule has 2 aromatic carbocycles. The Balaban J connectivity index is 1.85. The molecule has 0 spiro atoms. The van der Waals surface area contributed by atoms with Gasteiger partial charge in [-0.1, -0.05) is 24.1 Å². The maximum atomic E-state index is 14.8. The van der Waals surface area contributed by atoms with Crippen molar-refractivity contribution in [1.29, 1.82) is 0 Å². The van der Waals surface area contributed by atoms with E-state index in [0.717, 1.165) is 22.3 Å². The van der Waals surface area contributed by atoms with Crippen molar-refractivity contribution in [3.05, 3.63) is 77.1 Å². The lowest BCUT2D eigenvalue weighted by Crippen LogP contribution is -2.30. The SMILES string of the molecule is CSNc1cc(C2=CN(C)C(O)C(C)=C2)cc2c1c(F)nn2Cc1ccc(F)cc1. The number of benzene rings is 2. The fraction of sp³-hybridized carbons (Fsp3) is 0.227. The van der Waals surface area contributed by atoms with Crippen LogP contribution in [0.4, 0.5) is 14.5 Å². The molecule has 0 bridgehead atoms. The van der Waals surface area contributed by atoms with Crippen molar-refractivity contribution in [1.82, 2.24) is 14.7 Å². The maximum absolute atomic E-state index is 14.8. The van der Waals surface area contributed by atoms with E-state index in [2.05, 4.69) is 9.82 Å². The second kappa shape index (κ2) is 8.12. The Kier molecular flexibility index (Phi) is 5.53. The second-order valence-corrected chi connectivity index (χ2v) is 7.92. The number of hydrogen-bond acceptors (Lipinski definition) is 5. The lowest BCUT2D eigenvalue weighted by atomic mass is 9.99. The van der Waals surface area contributed by atoms with Gasteiger partial charge >= 0.3 is 0 Å². The predicted molar refractivity (Wildman–Crippen MR) is 118 cm³/mol. The highest BCUT2D eigenvalue weighted by Gasteiger charge is 2.21. The first-order chi connectivity index (χ1) is 14.4. The largest absolute Gasteiger partial charge is 0.370 e. The number of fused-ring (bicyclic) bond motifs is 1. The third-order valence-electron chi connectivity index (χ3n) is 5.12. The van der Waals surface area contributed by atoms with Crippen LogP contribution in [0.5, 0.6) is 0 Å². The van der Waals surface area contributed by atoms with Gasteiger partial charge in [0.25, 0.3) is 0 Å². The zero-order valence-electron chi connectivity index (χ0n) is 16.9. The third-order valence-corrected chi connectivity index (χ3v) is 5.54. The Morgan fingerprint density at radius 2 is 1.93 bits per heavy atom. The minimum atomic E-state index is -0.664. The molecule has 3 aromatic rings. The molecule has 2 heterocycles. The maximum Gasteiger partial charge on any atom is 0.242 e. The molecular formula is C22H22F2N4OS. The van der Waals surface area contributed by atoms with E-state index in [1.165, 1.54) is 24.1 Å². The number of nitrogens with one attached hydrogen (secondary N) is 1. The highest BCUT2D eigenvalue weighted by molar-refractivity contribution is 7.99. The first-order valence-corrected chi connectivity index (χ1v) is 10.6. The molecule has 0 saturated carbocycles. The van der Waals surface area contributed by atoms with Gasteiger partial charge in [-0.15, -0.1) is 5.10 Å². The first-order valence-electron chi connectivity index (χ1n) is 9.41. The highest BCUT2D eigenvalue weighted by atomic mass is 32.2. The van der Waals surface area contributed by atoms with Crippen LogP contribution in [0, 0.1) is 11.8 Å². The summed E-state index contributed by atoms with van der Waals surface area (Å²) in [5.41, 5.74) is 4.67. The molecule has 1 aliphatic heterocycles. The van der Waals surface area contributed by atoms with Gasteiger partial charge in [0.05, 0.1) is 23.1 Å².